The summed E-state index contributed by atoms with van der Waals surface area (Å²) in [4.78, 5) is 4.15. The first-order valence-corrected chi connectivity index (χ1v) is 8.35. The highest BCUT2D eigenvalue weighted by Gasteiger charge is 2.52. The minimum absolute atomic E-state index is 0.489. The highest BCUT2D eigenvalue weighted by atomic mass is 127. The van der Waals surface area contributed by atoms with Crippen molar-refractivity contribution in [1.29, 1.82) is 0 Å². The molecule has 0 spiro atoms. The third-order valence-corrected chi connectivity index (χ3v) is 8.98. The Labute approximate surface area is 103 Å². The molecule has 4 heteroatoms. The fourth-order valence-corrected chi connectivity index (χ4v) is 7.54. The van der Waals surface area contributed by atoms with Crippen LogP contribution in [0.3, 0.4) is 0 Å². The van der Waals surface area contributed by atoms with Gasteiger partial charge in [0, 0.05) is 32.6 Å². The normalized spacial score (nSPS) is 21.7. The SMILES string of the molecule is O=P(c1cnccc1I)(C1CC1)C1CC1. The van der Waals surface area contributed by atoms with E-state index in [-0.39, 0.29) is 0 Å². The molecule has 0 atom stereocenters. The molecule has 2 fully saturated rings. The quantitative estimate of drug-likeness (QED) is 0.629. The van der Waals surface area contributed by atoms with Crippen LogP contribution in [0.25, 0.3) is 0 Å². The molecule has 0 aromatic carbocycles. The van der Waals surface area contributed by atoms with Crippen LogP contribution >= 0.6 is 29.7 Å². The molecule has 1 aromatic rings. The van der Waals surface area contributed by atoms with Crippen molar-refractivity contribution in [3.63, 3.8) is 0 Å². The van der Waals surface area contributed by atoms with Gasteiger partial charge in [-0.1, -0.05) is 0 Å². The Hall–Kier alpha value is 0.110. The van der Waals surface area contributed by atoms with Crippen LogP contribution in [0.4, 0.5) is 0 Å². The number of aromatic nitrogens is 1. The zero-order chi connectivity index (χ0) is 10.5. The number of pyridine rings is 1. The molecule has 3 rings (SSSR count). The average molecular weight is 333 g/mol. The van der Waals surface area contributed by atoms with Gasteiger partial charge in [0.05, 0.1) is 0 Å². The van der Waals surface area contributed by atoms with Gasteiger partial charge in [-0.05, 0) is 54.3 Å². The smallest absolute Gasteiger partial charge is 0.124 e. The first-order chi connectivity index (χ1) is 7.23. The Bertz CT molecular complexity index is 424. The van der Waals surface area contributed by atoms with Crippen molar-refractivity contribution in [2.45, 2.75) is 37.0 Å². The van der Waals surface area contributed by atoms with Gasteiger partial charge in [-0.15, -0.1) is 0 Å². The molecule has 15 heavy (non-hydrogen) atoms. The van der Waals surface area contributed by atoms with Crippen molar-refractivity contribution in [2.75, 3.05) is 0 Å². The topological polar surface area (TPSA) is 30.0 Å². The van der Waals surface area contributed by atoms with Crippen LogP contribution in [0.15, 0.2) is 18.5 Å². The summed E-state index contributed by atoms with van der Waals surface area (Å²) in [5, 5.41) is 1.07. The van der Waals surface area contributed by atoms with E-state index in [9.17, 15) is 4.57 Å². The molecule has 80 valence electrons. The minimum Gasteiger partial charge on any atom is -0.318 e. The molecule has 0 N–H and O–H groups in total. The van der Waals surface area contributed by atoms with Gasteiger partial charge in [-0.2, -0.15) is 0 Å². The molecule has 0 aliphatic heterocycles. The summed E-state index contributed by atoms with van der Waals surface area (Å²) in [7, 11) is -2.10. The Balaban J connectivity index is 2.09. The highest BCUT2D eigenvalue weighted by Crippen LogP contribution is 2.69. The molecule has 0 saturated heterocycles. The molecule has 2 nitrogen and oxygen atoms in total. The maximum Gasteiger partial charge on any atom is 0.124 e. The van der Waals surface area contributed by atoms with Gasteiger partial charge in [0.25, 0.3) is 0 Å². The second kappa shape index (κ2) is 3.56. The fraction of sp³-hybridized carbons (Fsp3) is 0.545. The number of rotatable bonds is 3. The van der Waals surface area contributed by atoms with Crippen LogP contribution in [0.1, 0.15) is 25.7 Å². The Morgan fingerprint density at radius 2 is 1.87 bits per heavy atom. The highest BCUT2D eigenvalue weighted by molar-refractivity contribution is 14.1. The molecule has 0 radical (unpaired) electrons. The second-order valence-electron chi connectivity index (χ2n) is 4.50. The Morgan fingerprint density at radius 1 is 1.27 bits per heavy atom. The third kappa shape index (κ3) is 1.68. The lowest BCUT2D eigenvalue weighted by atomic mass is 10.5. The van der Waals surface area contributed by atoms with E-state index >= 15 is 0 Å². The van der Waals surface area contributed by atoms with E-state index in [4.69, 9.17) is 0 Å². The molecule has 2 saturated carbocycles. The largest absolute Gasteiger partial charge is 0.318 e. The van der Waals surface area contributed by atoms with Crippen LogP contribution in [-0.2, 0) is 4.57 Å². The van der Waals surface area contributed by atoms with E-state index in [0.717, 1.165) is 8.87 Å². The van der Waals surface area contributed by atoms with E-state index in [0.29, 0.717) is 11.3 Å². The predicted molar refractivity (Wildman–Crippen MR) is 70.2 cm³/mol. The van der Waals surface area contributed by atoms with E-state index in [1.54, 1.807) is 6.20 Å². The monoisotopic (exact) mass is 333 g/mol. The summed E-state index contributed by atoms with van der Waals surface area (Å²) < 4.78 is 14.3. The van der Waals surface area contributed by atoms with Crippen molar-refractivity contribution in [2.24, 2.45) is 0 Å². The predicted octanol–water partition coefficient (Wildman–Crippen LogP) is 3.00. The number of hydrogen-bond acceptors (Lipinski definition) is 2. The Kier molecular flexibility index (Phi) is 2.44. The molecule has 1 heterocycles. The van der Waals surface area contributed by atoms with Gasteiger partial charge < -0.3 is 4.57 Å². The summed E-state index contributed by atoms with van der Waals surface area (Å²) >= 11 is 2.30. The van der Waals surface area contributed by atoms with Crippen molar-refractivity contribution in [3.05, 3.63) is 22.0 Å². The lowest BCUT2D eigenvalue weighted by Crippen LogP contribution is -2.16. The van der Waals surface area contributed by atoms with Crippen LogP contribution < -0.4 is 5.30 Å². The van der Waals surface area contributed by atoms with Crippen molar-refractivity contribution >= 4 is 35.0 Å². The van der Waals surface area contributed by atoms with E-state index in [2.05, 4.69) is 27.6 Å². The first kappa shape index (κ1) is 10.3. The number of hydrogen-bond donors (Lipinski definition) is 0. The molecule has 0 bridgehead atoms. The maximum atomic E-state index is 13.1. The zero-order valence-corrected chi connectivity index (χ0v) is 11.4. The molecular formula is C11H13INOP. The van der Waals surface area contributed by atoms with Gasteiger partial charge >= 0.3 is 0 Å². The lowest BCUT2D eigenvalue weighted by molar-refractivity contribution is 0.579. The van der Waals surface area contributed by atoms with Gasteiger partial charge in [-0.25, -0.2) is 0 Å². The standard InChI is InChI=1S/C11H13INOP/c12-10-5-6-13-7-11(10)15(14,8-1-2-8)9-3-4-9/h5-9H,1-4H2. The second-order valence-corrected chi connectivity index (χ2v) is 9.02. The summed E-state index contributed by atoms with van der Waals surface area (Å²) in [6.45, 7) is 0. The minimum atomic E-state index is -2.10. The van der Waals surface area contributed by atoms with Crippen molar-refractivity contribution < 1.29 is 4.57 Å². The van der Waals surface area contributed by atoms with Crippen LogP contribution in [0.2, 0.25) is 0 Å². The average Bonchev–Trinajstić information content (AvgIpc) is 3.06. The van der Waals surface area contributed by atoms with Crippen LogP contribution in [0.5, 0.6) is 0 Å². The van der Waals surface area contributed by atoms with Gasteiger partial charge in [0.2, 0.25) is 0 Å². The Morgan fingerprint density at radius 3 is 2.33 bits per heavy atom. The van der Waals surface area contributed by atoms with Crippen LogP contribution in [0, 0.1) is 3.57 Å². The summed E-state index contributed by atoms with van der Waals surface area (Å²) in [6.07, 6.45) is 8.30. The summed E-state index contributed by atoms with van der Waals surface area (Å²) in [5.74, 6) is 0. The maximum absolute atomic E-state index is 13.1. The van der Waals surface area contributed by atoms with E-state index in [1.807, 2.05) is 12.3 Å². The van der Waals surface area contributed by atoms with Crippen molar-refractivity contribution in [3.8, 4) is 0 Å². The van der Waals surface area contributed by atoms with Crippen LogP contribution in [-0.4, -0.2) is 16.3 Å². The molecular weight excluding hydrogens is 320 g/mol. The molecule has 1 aromatic heterocycles. The number of nitrogens with zero attached hydrogens (tertiary/aromatic N) is 1. The summed E-state index contributed by atoms with van der Waals surface area (Å²) in [5.41, 5.74) is 0.977. The molecule has 0 unspecified atom stereocenters. The third-order valence-electron chi connectivity index (χ3n) is 3.30. The van der Waals surface area contributed by atoms with Gasteiger partial charge in [0.1, 0.15) is 7.14 Å². The first-order valence-electron chi connectivity index (χ1n) is 5.42. The van der Waals surface area contributed by atoms with Gasteiger partial charge in [-0.3, -0.25) is 4.98 Å². The number of halogens is 1. The van der Waals surface area contributed by atoms with E-state index < -0.39 is 7.14 Å². The molecule has 0 amide bonds. The zero-order valence-electron chi connectivity index (χ0n) is 8.40. The fourth-order valence-electron chi connectivity index (χ4n) is 2.23. The van der Waals surface area contributed by atoms with Crippen molar-refractivity contribution in [1.82, 2.24) is 4.98 Å². The molecule has 2 aliphatic carbocycles. The van der Waals surface area contributed by atoms with E-state index in [1.165, 1.54) is 25.7 Å². The summed E-state index contributed by atoms with van der Waals surface area (Å²) in [6, 6.07) is 1.98. The van der Waals surface area contributed by atoms with Gasteiger partial charge in [0.15, 0.2) is 0 Å². The lowest BCUT2D eigenvalue weighted by Gasteiger charge is -2.18. The molecule has 2 aliphatic rings.